The Hall–Kier alpha value is -4.03. The quantitative estimate of drug-likeness (QED) is 0.569. The molecule has 1 unspecified atom stereocenters. The minimum atomic E-state index is -1.17. The number of rotatable bonds is 1. The maximum Gasteiger partial charge on any atom is 0.283 e. The van der Waals surface area contributed by atoms with E-state index in [0.29, 0.717) is 27.8 Å². The molecule has 0 radical (unpaired) electrons. The van der Waals surface area contributed by atoms with Gasteiger partial charge in [0.15, 0.2) is 5.54 Å². The number of hydrogen-bond donors (Lipinski definition) is 2. The van der Waals surface area contributed by atoms with E-state index in [1.165, 1.54) is 31.0 Å². The molecular formula is C23H18FN5O3. The maximum absolute atomic E-state index is 15.0. The normalized spacial score (nSPS) is 18.6. The van der Waals surface area contributed by atoms with Gasteiger partial charge in [-0.2, -0.15) is 0 Å². The van der Waals surface area contributed by atoms with Crippen LogP contribution in [0.1, 0.15) is 30.5 Å². The molecule has 0 fully saturated rings. The summed E-state index contributed by atoms with van der Waals surface area (Å²) in [6.07, 6.45) is 5.94. The average molecular weight is 431 g/mol. The third-order valence-corrected chi connectivity index (χ3v) is 5.13. The number of aromatic nitrogens is 3. The fourth-order valence-corrected chi connectivity index (χ4v) is 3.70. The molecule has 32 heavy (non-hydrogen) atoms. The Kier molecular flexibility index (Phi) is 4.36. The summed E-state index contributed by atoms with van der Waals surface area (Å²) < 4.78 is 26.4. The molecule has 2 aliphatic rings. The lowest BCUT2D eigenvalue weighted by Crippen LogP contribution is -2.31. The third-order valence-electron chi connectivity index (χ3n) is 5.13. The summed E-state index contributed by atoms with van der Waals surface area (Å²) in [6.45, 7) is 3.26. The first kappa shape index (κ1) is 19.9. The highest BCUT2D eigenvalue weighted by Gasteiger charge is 2.48. The lowest BCUT2D eigenvalue weighted by atomic mass is 9.81. The number of ether oxygens (including phenoxy) is 2. The van der Waals surface area contributed by atoms with Crippen molar-refractivity contribution in [2.75, 3.05) is 6.61 Å². The molecule has 8 nitrogen and oxygen atoms in total. The molecule has 2 aliphatic heterocycles. The number of fused-ring (bicyclic) bond motifs is 4. The second kappa shape index (κ2) is 7.00. The van der Waals surface area contributed by atoms with Crippen LogP contribution in [0.5, 0.6) is 11.6 Å². The van der Waals surface area contributed by atoms with Crippen LogP contribution < -0.4 is 10.5 Å². The molecule has 0 amide bonds. The molecule has 3 aromatic rings. The highest BCUT2D eigenvalue weighted by molar-refractivity contribution is 5.77. The van der Waals surface area contributed by atoms with Crippen molar-refractivity contribution in [2.24, 2.45) is 10.7 Å². The summed E-state index contributed by atoms with van der Waals surface area (Å²) in [7, 11) is 0. The maximum atomic E-state index is 15.0. The first-order valence-electron chi connectivity index (χ1n) is 9.77. The van der Waals surface area contributed by atoms with Crippen molar-refractivity contribution in [3.8, 4) is 34.6 Å². The van der Waals surface area contributed by atoms with Gasteiger partial charge in [0.05, 0.1) is 5.56 Å². The van der Waals surface area contributed by atoms with Crippen LogP contribution in [0.3, 0.4) is 0 Å². The van der Waals surface area contributed by atoms with E-state index in [-0.39, 0.29) is 24.3 Å². The Morgan fingerprint density at radius 3 is 2.62 bits per heavy atom. The molecule has 5 rings (SSSR count). The van der Waals surface area contributed by atoms with E-state index in [1.807, 2.05) is 0 Å². The van der Waals surface area contributed by atoms with Gasteiger partial charge < -0.3 is 20.3 Å². The van der Waals surface area contributed by atoms with Gasteiger partial charge >= 0.3 is 0 Å². The molecule has 3 N–H and O–H groups in total. The molecule has 0 saturated carbocycles. The number of aliphatic hydroxyl groups is 1. The second-order valence-electron chi connectivity index (χ2n) is 8.04. The van der Waals surface area contributed by atoms with E-state index in [9.17, 15) is 9.50 Å². The fraction of sp³-hybridized carbons (Fsp3) is 0.217. The van der Waals surface area contributed by atoms with E-state index >= 15 is 0 Å². The standard InChI is InChI=1S/C23H18FN5O3/c1-22(2,30)4-3-13-5-17-20(28-8-13)32-19-7-18(24)15(14-9-26-12-27-10-14)6-16(19)23(17)11-31-21(25)29-23/h5-10,12,30H,11H2,1-2H3,(H2,25,29). The van der Waals surface area contributed by atoms with Crippen molar-refractivity contribution in [1.82, 2.24) is 15.0 Å². The van der Waals surface area contributed by atoms with Gasteiger partial charge in [0.25, 0.3) is 6.02 Å². The minimum absolute atomic E-state index is 0.00528. The Balaban J connectivity index is 1.72. The van der Waals surface area contributed by atoms with E-state index in [1.54, 1.807) is 26.0 Å². The summed E-state index contributed by atoms with van der Waals surface area (Å²) in [6, 6.07) is 4.71. The summed E-state index contributed by atoms with van der Waals surface area (Å²) >= 11 is 0. The van der Waals surface area contributed by atoms with Crippen LogP contribution >= 0.6 is 0 Å². The first-order chi connectivity index (χ1) is 15.2. The summed E-state index contributed by atoms with van der Waals surface area (Å²) in [5, 5.41) is 9.93. The minimum Gasteiger partial charge on any atom is -0.462 e. The number of nitrogens with zero attached hydrogens (tertiary/aromatic N) is 4. The van der Waals surface area contributed by atoms with Crippen molar-refractivity contribution < 1.29 is 19.0 Å². The summed E-state index contributed by atoms with van der Waals surface area (Å²) in [5.74, 6) is 5.69. The van der Waals surface area contributed by atoms with Gasteiger partial charge in [-0.1, -0.05) is 11.8 Å². The van der Waals surface area contributed by atoms with Gasteiger partial charge in [-0.15, -0.1) is 0 Å². The number of benzene rings is 1. The summed E-state index contributed by atoms with van der Waals surface area (Å²) in [4.78, 5) is 16.9. The highest BCUT2D eigenvalue weighted by Crippen LogP contribution is 2.51. The van der Waals surface area contributed by atoms with Crippen LogP contribution in [0.4, 0.5) is 4.39 Å². The number of hydrogen-bond acceptors (Lipinski definition) is 8. The van der Waals surface area contributed by atoms with Crippen LogP contribution in [0.25, 0.3) is 11.1 Å². The van der Waals surface area contributed by atoms with Gasteiger partial charge in [-0.05, 0) is 26.0 Å². The molecule has 2 aromatic heterocycles. The molecule has 9 heteroatoms. The Morgan fingerprint density at radius 1 is 1.16 bits per heavy atom. The predicted molar refractivity (Wildman–Crippen MR) is 113 cm³/mol. The lowest BCUT2D eigenvalue weighted by Gasteiger charge is -2.33. The largest absolute Gasteiger partial charge is 0.462 e. The van der Waals surface area contributed by atoms with E-state index < -0.39 is 17.0 Å². The third kappa shape index (κ3) is 3.31. The number of amidine groups is 1. The van der Waals surface area contributed by atoms with E-state index in [0.717, 1.165) is 0 Å². The van der Waals surface area contributed by atoms with Crippen LogP contribution in [-0.4, -0.2) is 38.3 Å². The van der Waals surface area contributed by atoms with Gasteiger partial charge in [0, 0.05) is 46.9 Å². The average Bonchev–Trinajstić information content (AvgIpc) is 3.14. The SMILES string of the molecule is CC(C)(O)C#Cc1cnc2c(c1)C1(COC(N)=N1)c1cc(-c3cncnc3)c(F)cc1O2. The zero-order valence-corrected chi connectivity index (χ0v) is 17.3. The van der Waals surface area contributed by atoms with Crippen LogP contribution in [-0.2, 0) is 10.3 Å². The van der Waals surface area contributed by atoms with Crippen LogP contribution in [0, 0.1) is 17.7 Å². The zero-order valence-electron chi connectivity index (χ0n) is 17.3. The molecule has 0 saturated heterocycles. The van der Waals surface area contributed by atoms with Crippen LogP contribution in [0.2, 0.25) is 0 Å². The number of halogens is 1. The number of nitrogens with two attached hydrogens (primary N) is 1. The Labute approximate surface area is 183 Å². The van der Waals surface area contributed by atoms with E-state index in [2.05, 4.69) is 31.8 Å². The molecule has 4 heterocycles. The van der Waals surface area contributed by atoms with Crippen molar-refractivity contribution in [1.29, 1.82) is 0 Å². The Bertz CT molecular complexity index is 1330. The molecular weight excluding hydrogens is 413 g/mol. The monoisotopic (exact) mass is 431 g/mol. The summed E-state index contributed by atoms with van der Waals surface area (Å²) in [5.41, 5.74) is 6.14. The van der Waals surface area contributed by atoms with Crippen molar-refractivity contribution in [3.05, 3.63) is 65.6 Å². The second-order valence-corrected chi connectivity index (χ2v) is 8.04. The lowest BCUT2D eigenvalue weighted by molar-refractivity contribution is 0.143. The molecule has 1 atom stereocenters. The molecule has 1 aromatic carbocycles. The molecule has 1 spiro atoms. The van der Waals surface area contributed by atoms with Gasteiger partial charge in [-0.3, -0.25) is 0 Å². The first-order valence-corrected chi connectivity index (χ1v) is 9.77. The van der Waals surface area contributed by atoms with E-state index in [4.69, 9.17) is 15.2 Å². The number of pyridine rings is 1. The van der Waals surface area contributed by atoms with Crippen molar-refractivity contribution in [2.45, 2.75) is 25.0 Å². The number of aliphatic imine (C=N–C) groups is 1. The highest BCUT2D eigenvalue weighted by atomic mass is 19.1. The predicted octanol–water partition coefficient (Wildman–Crippen LogP) is 2.49. The topological polar surface area (TPSA) is 116 Å². The van der Waals surface area contributed by atoms with Gasteiger partial charge in [-0.25, -0.2) is 24.3 Å². The molecule has 0 aliphatic carbocycles. The van der Waals surface area contributed by atoms with Gasteiger partial charge in [0.1, 0.15) is 30.1 Å². The fourth-order valence-electron chi connectivity index (χ4n) is 3.70. The van der Waals surface area contributed by atoms with Crippen molar-refractivity contribution >= 4 is 6.02 Å². The Morgan fingerprint density at radius 2 is 1.94 bits per heavy atom. The zero-order chi connectivity index (χ0) is 22.5. The van der Waals surface area contributed by atoms with Gasteiger partial charge in [0.2, 0.25) is 5.88 Å². The smallest absolute Gasteiger partial charge is 0.283 e. The van der Waals surface area contributed by atoms with Crippen LogP contribution in [0.15, 0.2) is 48.1 Å². The molecule has 160 valence electrons. The molecule has 0 bridgehead atoms. The van der Waals surface area contributed by atoms with Crippen molar-refractivity contribution in [3.63, 3.8) is 0 Å².